The van der Waals surface area contributed by atoms with E-state index in [1.807, 2.05) is 72.8 Å². The van der Waals surface area contributed by atoms with Crippen LogP contribution < -0.4 is 24.6 Å². The molecule has 1 aliphatic heterocycles. The molecule has 4 aromatic carbocycles. The van der Waals surface area contributed by atoms with Crippen molar-refractivity contribution in [3.63, 3.8) is 0 Å². The summed E-state index contributed by atoms with van der Waals surface area (Å²) < 4.78 is 11.0. The van der Waals surface area contributed by atoms with Gasteiger partial charge in [0.15, 0.2) is 17.3 Å². The van der Waals surface area contributed by atoms with E-state index in [4.69, 9.17) is 9.47 Å². The molecule has 1 N–H and O–H groups in total. The molecule has 7 nitrogen and oxygen atoms in total. The number of hydrogen-bond acceptors (Lipinski definition) is 6. The van der Waals surface area contributed by atoms with Crippen LogP contribution in [0.5, 0.6) is 11.5 Å². The SMILES string of the molecule is CCN(CC)c1ccc([C@H]2C3=C(C[C@H](c4ccc(OC)c(OC)c4)CC3=O)Nc3ccccc3N2C(=O)c2ccccc2)cc1. The first-order valence-electron chi connectivity index (χ1n) is 15.5. The Labute approximate surface area is 265 Å². The highest BCUT2D eigenvalue weighted by molar-refractivity contribution is 6.12. The Balaban J connectivity index is 1.52. The van der Waals surface area contributed by atoms with Gasteiger partial charge in [-0.25, -0.2) is 0 Å². The van der Waals surface area contributed by atoms with Crippen molar-refractivity contribution in [2.24, 2.45) is 0 Å². The highest BCUT2D eigenvalue weighted by Crippen LogP contribution is 2.48. The van der Waals surface area contributed by atoms with Gasteiger partial charge in [-0.15, -0.1) is 0 Å². The second-order valence-corrected chi connectivity index (χ2v) is 11.4. The maximum atomic E-state index is 14.5. The summed E-state index contributed by atoms with van der Waals surface area (Å²) >= 11 is 0. The fourth-order valence-electron chi connectivity index (χ4n) is 6.65. The molecule has 0 unspecified atom stereocenters. The Hall–Kier alpha value is -5.04. The lowest BCUT2D eigenvalue weighted by Gasteiger charge is -2.35. The molecule has 0 saturated heterocycles. The van der Waals surface area contributed by atoms with Crippen molar-refractivity contribution in [2.45, 2.75) is 38.6 Å². The third-order valence-corrected chi connectivity index (χ3v) is 8.94. The van der Waals surface area contributed by atoms with Crippen molar-refractivity contribution in [1.29, 1.82) is 0 Å². The van der Waals surface area contributed by atoms with Gasteiger partial charge in [-0.2, -0.15) is 0 Å². The molecule has 0 spiro atoms. The lowest BCUT2D eigenvalue weighted by atomic mass is 9.78. The summed E-state index contributed by atoms with van der Waals surface area (Å²) in [6.07, 6.45) is 0.917. The Bertz CT molecular complexity index is 1730. The van der Waals surface area contributed by atoms with Crippen LogP contribution in [0.4, 0.5) is 17.1 Å². The molecule has 0 bridgehead atoms. The second-order valence-electron chi connectivity index (χ2n) is 11.4. The zero-order chi connectivity index (χ0) is 31.5. The van der Waals surface area contributed by atoms with Gasteiger partial charge in [0, 0.05) is 42.0 Å². The smallest absolute Gasteiger partial charge is 0.259 e. The number of nitrogens with one attached hydrogen (secondary N) is 1. The highest BCUT2D eigenvalue weighted by atomic mass is 16.5. The van der Waals surface area contributed by atoms with Crippen molar-refractivity contribution < 1.29 is 19.1 Å². The molecular formula is C38H39N3O4. The zero-order valence-electron chi connectivity index (χ0n) is 26.2. The van der Waals surface area contributed by atoms with Gasteiger partial charge >= 0.3 is 0 Å². The zero-order valence-corrected chi connectivity index (χ0v) is 26.2. The number of carbonyl (C=O) groups is 2. The van der Waals surface area contributed by atoms with E-state index in [-0.39, 0.29) is 17.6 Å². The standard InChI is InChI=1S/C38H39N3O4/c1-5-40(6-2)29-19-16-25(17-20-29)37-36-31(22-28(23-33(36)42)27-18-21-34(44-3)35(24-27)45-4)39-30-14-10-11-15-32(30)41(37)38(43)26-12-8-7-9-13-26/h7-21,24,28,37,39H,5-6,22-23H2,1-4H3/t28-,37-/m0/s1. The monoisotopic (exact) mass is 601 g/mol. The topological polar surface area (TPSA) is 71.1 Å². The van der Waals surface area contributed by atoms with Gasteiger partial charge in [0.1, 0.15) is 0 Å². The number of ketones is 1. The molecule has 2 atom stereocenters. The molecule has 1 aliphatic carbocycles. The minimum atomic E-state index is -0.617. The third-order valence-electron chi connectivity index (χ3n) is 8.94. The van der Waals surface area contributed by atoms with Gasteiger partial charge in [0.2, 0.25) is 0 Å². The van der Waals surface area contributed by atoms with Crippen molar-refractivity contribution in [3.8, 4) is 11.5 Å². The van der Waals surface area contributed by atoms with E-state index >= 15 is 0 Å². The Morgan fingerprint density at radius 2 is 1.49 bits per heavy atom. The number of methoxy groups -OCH3 is 2. The molecule has 0 fully saturated rings. The number of allylic oxidation sites excluding steroid dienone is 1. The van der Waals surface area contributed by atoms with Gasteiger partial charge in [-0.1, -0.05) is 48.5 Å². The Morgan fingerprint density at radius 3 is 2.18 bits per heavy atom. The van der Waals surface area contributed by atoms with Crippen LogP contribution in [0.25, 0.3) is 0 Å². The quantitative estimate of drug-likeness (QED) is 0.223. The fraction of sp³-hybridized carbons (Fsp3) is 0.263. The van der Waals surface area contributed by atoms with Gasteiger partial charge in [0.25, 0.3) is 5.91 Å². The summed E-state index contributed by atoms with van der Waals surface area (Å²) in [4.78, 5) is 33.0. The molecule has 1 amide bonds. The molecule has 7 heteroatoms. The number of anilines is 3. The lowest BCUT2D eigenvalue weighted by Crippen LogP contribution is -2.38. The Morgan fingerprint density at radius 1 is 0.822 bits per heavy atom. The summed E-state index contributed by atoms with van der Waals surface area (Å²) in [5, 5.41) is 3.63. The number of Topliss-reactive ketones (excluding diaryl/α,β-unsaturated/α-hetero) is 1. The van der Waals surface area contributed by atoms with Crippen molar-refractivity contribution in [2.75, 3.05) is 42.4 Å². The van der Waals surface area contributed by atoms with E-state index in [2.05, 4.69) is 48.3 Å². The normalized spacial score (nSPS) is 17.5. The average molecular weight is 602 g/mol. The molecule has 230 valence electrons. The van der Waals surface area contributed by atoms with Gasteiger partial charge in [0.05, 0.1) is 31.6 Å². The molecule has 6 rings (SSSR count). The molecule has 45 heavy (non-hydrogen) atoms. The number of amides is 1. The van der Waals surface area contributed by atoms with Crippen LogP contribution in [-0.4, -0.2) is 39.0 Å². The molecular weight excluding hydrogens is 562 g/mol. The third kappa shape index (κ3) is 5.66. The number of para-hydroxylation sites is 2. The number of nitrogens with zero attached hydrogens (tertiary/aromatic N) is 2. The summed E-state index contributed by atoms with van der Waals surface area (Å²) in [5.74, 6) is 1.06. The van der Waals surface area contributed by atoms with Crippen LogP contribution in [0.15, 0.2) is 108 Å². The number of fused-ring (bicyclic) bond motifs is 1. The molecule has 2 aliphatic rings. The van der Waals surface area contributed by atoms with Crippen molar-refractivity contribution in [1.82, 2.24) is 0 Å². The first kappa shape index (κ1) is 30.0. The van der Waals surface area contributed by atoms with Gasteiger partial charge in [-0.05, 0) is 85.8 Å². The van der Waals surface area contributed by atoms with E-state index in [0.717, 1.165) is 47.0 Å². The van der Waals surface area contributed by atoms with Crippen molar-refractivity contribution in [3.05, 3.63) is 125 Å². The van der Waals surface area contributed by atoms with Crippen LogP contribution in [0.2, 0.25) is 0 Å². The van der Waals surface area contributed by atoms with Gasteiger partial charge in [-0.3, -0.25) is 14.5 Å². The van der Waals surface area contributed by atoms with E-state index < -0.39 is 6.04 Å². The van der Waals surface area contributed by atoms with Crippen LogP contribution >= 0.6 is 0 Å². The van der Waals surface area contributed by atoms with Crippen LogP contribution in [0.3, 0.4) is 0 Å². The lowest BCUT2D eigenvalue weighted by molar-refractivity contribution is -0.116. The summed E-state index contributed by atoms with van der Waals surface area (Å²) in [6.45, 7) is 6.05. The van der Waals surface area contributed by atoms with Crippen LogP contribution in [0.1, 0.15) is 60.1 Å². The summed E-state index contributed by atoms with van der Waals surface area (Å²) in [7, 11) is 3.23. The van der Waals surface area contributed by atoms with Gasteiger partial charge < -0.3 is 19.7 Å². The predicted octanol–water partition coefficient (Wildman–Crippen LogP) is 7.76. The maximum Gasteiger partial charge on any atom is 0.259 e. The molecule has 1 heterocycles. The number of carbonyl (C=O) groups excluding carboxylic acids is 2. The molecule has 0 aromatic heterocycles. The summed E-state index contributed by atoms with van der Waals surface area (Å²) in [6, 6.07) is 30.7. The fourth-order valence-corrected chi connectivity index (χ4v) is 6.65. The molecule has 4 aromatic rings. The second kappa shape index (κ2) is 12.9. The summed E-state index contributed by atoms with van der Waals surface area (Å²) in [5.41, 5.74) is 6.54. The maximum absolute atomic E-state index is 14.5. The molecule has 0 radical (unpaired) electrons. The first-order valence-corrected chi connectivity index (χ1v) is 15.5. The van der Waals surface area contributed by atoms with Crippen LogP contribution in [0, 0.1) is 0 Å². The van der Waals surface area contributed by atoms with E-state index in [1.54, 1.807) is 19.1 Å². The number of ether oxygens (including phenoxy) is 2. The number of hydrogen-bond donors (Lipinski definition) is 1. The van der Waals surface area contributed by atoms with Crippen molar-refractivity contribution >= 4 is 28.8 Å². The largest absolute Gasteiger partial charge is 0.493 e. The number of rotatable bonds is 8. The Kier molecular flexibility index (Phi) is 8.60. The van der Waals surface area contributed by atoms with E-state index in [1.165, 1.54) is 0 Å². The minimum Gasteiger partial charge on any atom is -0.493 e. The molecule has 0 saturated carbocycles. The average Bonchev–Trinajstić information content (AvgIpc) is 3.23. The predicted molar refractivity (Wildman–Crippen MR) is 180 cm³/mol. The minimum absolute atomic E-state index is 0.0139. The highest BCUT2D eigenvalue weighted by Gasteiger charge is 2.42. The first-order chi connectivity index (χ1) is 22.0. The number of benzene rings is 4. The van der Waals surface area contributed by atoms with Crippen LogP contribution in [-0.2, 0) is 4.79 Å². The van der Waals surface area contributed by atoms with E-state index in [9.17, 15) is 9.59 Å². The van der Waals surface area contributed by atoms with E-state index in [0.29, 0.717) is 35.5 Å².